The lowest BCUT2D eigenvalue weighted by Crippen LogP contribution is -2.46. The van der Waals surface area contributed by atoms with Gasteiger partial charge in [-0.3, -0.25) is 0 Å². The van der Waals surface area contributed by atoms with Crippen LogP contribution in [0.15, 0.2) is 59.3 Å². The summed E-state index contributed by atoms with van der Waals surface area (Å²) in [6.07, 6.45) is 0.988. The zero-order chi connectivity index (χ0) is 23.1. The van der Waals surface area contributed by atoms with Crippen molar-refractivity contribution in [1.29, 1.82) is 0 Å². The quantitative estimate of drug-likeness (QED) is 0.452. The first-order chi connectivity index (χ1) is 15.4. The molecule has 0 saturated heterocycles. The molecule has 9 heteroatoms. The third-order valence-corrected chi connectivity index (χ3v) is 5.65. The highest BCUT2D eigenvalue weighted by Gasteiger charge is 2.25. The van der Waals surface area contributed by atoms with Gasteiger partial charge in [0.25, 0.3) is 0 Å². The minimum atomic E-state index is -1.01. The lowest BCUT2D eigenvalue weighted by atomic mass is 9.98. The maximum absolute atomic E-state index is 13.6. The van der Waals surface area contributed by atoms with Crippen LogP contribution in [0.1, 0.15) is 17.5 Å². The monoisotopic (exact) mass is 461 g/mol. The standard InChI is InChI=1S/C23H25ClFN3O4/c1-28(23(31)26-12-16-8-5-9-20(25)21(16)24)18(11-19(30)13-29)10-17-14-32-27-22(17)15-6-3-2-4-7-15/h2-9,14,18-19,29-30H,10-13H2,1H3,(H,26,31)/t18-,19+/m0/s1. The first-order valence-corrected chi connectivity index (χ1v) is 10.5. The van der Waals surface area contributed by atoms with Crippen LogP contribution < -0.4 is 5.32 Å². The molecule has 3 N–H and O–H groups in total. The van der Waals surface area contributed by atoms with Gasteiger partial charge in [-0.15, -0.1) is 0 Å². The number of amides is 2. The van der Waals surface area contributed by atoms with Crippen LogP contribution in [0.5, 0.6) is 0 Å². The molecule has 2 atom stereocenters. The smallest absolute Gasteiger partial charge is 0.317 e. The van der Waals surface area contributed by atoms with Gasteiger partial charge < -0.3 is 25.0 Å². The average Bonchev–Trinajstić information content (AvgIpc) is 3.27. The van der Waals surface area contributed by atoms with E-state index >= 15 is 0 Å². The van der Waals surface area contributed by atoms with E-state index in [0.29, 0.717) is 17.7 Å². The number of aliphatic hydroxyl groups excluding tert-OH is 2. The lowest BCUT2D eigenvalue weighted by Gasteiger charge is -2.29. The average molecular weight is 462 g/mol. The molecule has 0 aliphatic heterocycles. The Morgan fingerprint density at radius 2 is 1.97 bits per heavy atom. The number of rotatable bonds is 9. The molecule has 7 nitrogen and oxygen atoms in total. The van der Waals surface area contributed by atoms with E-state index in [9.17, 15) is 19.4 Å². The van der Waals surface area contributed by atoms with Crippen LogP contribution in [-0.2, 0) is 13.0 Å². The van der Waals surface area contributed by atoms with Gasteiger partial charge in [0.15, 0.2) is 0 Å². The second-order valence-electron chi connectivity index (χ2n) is 7.47. The predicted octanol–water partition coefficient (Wildman–Crippen LogP) is 3.63. The molecular weight excluding hydrogens is 437 g/mol. The molecule has 32 heavy (non-hydrogen) atoms. The van der Waals surface area contributed by atoms with Crippen molar-refractivity contribution in [3.8, 4) is 11.3 Å². The number of halogens is 2. The Kier molecular flexibility index (Phi) is 8.21. The van der Waals surface area contributed by atoms with Crippen molar-refractivity contribution in [3.05, 3.63) is 76.8 Å². The lowest BCUT2D eigenvalue weighted by molar-refractivity contribution is 0.0663. The Bertz CT molecular complexity index is 1030. The Morgan fingerprint density at radius 1 is 1.22 bits per heavy atom. The third kappa shape index (κ3) is 5.85. The van der Waals surface area contributed by atoms with Gasteiger partial charge in [0.1, 0.15) is 17.8 Å². The van der Waals surface area contributed by atoms with Crippen LogP contribution in [0.2, 0.25) is 5.02 Å². The third-order valence-electron chi connectivity index (χ3n) is 5.23. The number of urea groups is 1. The summed E-state index contributed by atoms with van der Waals surface area (Å²) in [6.45, 7) is -0.391. The molecule has 1 aromatic heterocycles. The molecule has 0 bridgehead atoms. The molecule has 3 rings (SSSR count). The van der Waals surface area contributed by atoms with Gasteiger partial charge in [0, 0.05) is 30.8 Å². The Labute approximate surface area is 190 Å². The Hall–Kier alpha value is -2.94. The van der Waals surface area contributed by atoms with E-state index in [4.69, 9.17) is 16.1 Å². The summed E-state index contributed by atoms with van der Waals surface area (Å²) in [7, 11) is 1.59. The summed E-state index contributed by atoms with van der Waals surface area (Å²) in [5.74, 6) is -0.559. The summed E-state index contributed by atoms with van der Waals surface area (Å²) >= 11 is 5.96. The van der Waals surface area contributed by atoms with E-state index in [0.717, 1.165) is 11.1 Å². The maximum atomic E-state index is 13.6. The molecule has 0 aliphatic carbocycles. The van der Waals surface area contributed by atoms with Crippen molar-refractivity contribution in [3.63, 3.8) is 0 Å². The fourth-order valence-corrected chi connectivity index (χ4v) is 3.60. The molecule has 0 spiro atoms. The molecule has 2 amide bonds. The van der Waals surface area contributed by atoms with Crippen molar-refractivity contribution in [2.24, 2.45) is 0 Å². The number of nitrogens with one attached hydrogen (secondary N) is 1. The molecule has 0 aliphatic rings. The van der Waals surface area contributed by atoms with Crippen molar-refractivity contribution < 1.29 is 23.9 Å². The van der Waals surface area contributed by atoms with E-state index in [-0.39, 0.29) is 18.0 Å². The number of carbonyl (C=O) groups is 1. The minimum absolute atomic E-state index is 0.0393. The normalized spacial score (nSPS) is 12.9. The van der Waals surface area contributed by atoms with E-state index < -0.39 is 30.6 Å². The highest BCUT2D eigenvalue weighted by Crippen LogP contribution is 2.25. The van der Waals surface area contributed by atoms with Crippen LogP contribution in [0.4, 0.5) is 9.18 Å². The molecule has 3 aromatic rings. The van der Waals surface area contributed by atoms with Crippen molar-refractivity contribution >= 4 is 17.6 Å². The summed E-state index contributed by atoms with van der Waals surface area (Å²) in [4.78, 5) is 14.2. The molecule has 0 fully saturated rings. The first-order valence-electron chi connectivity index (χ1n) is 10.1. The van der Waals surface area contributed by atoms with Gasteiger partial charge in [0.2, 0.25) is 0 Å². The number of carbonyl (C=O) groups excluding carboxylic acids is 1. The molecule has 0 saturated carbocycles. The predicted molar refractivity (Wildman–Crippen MR) is 119 cm³/mol. The highest BCUT2D eigenvalue weighted by molar-refractivity contribution is 6.31. The molecular formula is C23H25ClFN3O4. The minimum Gasteiger partial charge on any atom is -0.394 e. The number of hydrogen-bond donors (Lipinski definition) is 3. The second-order valence-corrected chi connectivity index (χ2v) is 7.84. The van der Waals surface area contributed by atoms with Crippen molar-refractivity contribution in [1.82, 2.24) is 15.4 Å². The van der Waals surface area contributed by atoms with Crippen LogP contribution in [-0.4, -0.2) is 52.1 Å². The van der Waals surface area contributed by atoms with Gasteiger partial charge >= 0.3 is 6.03 Å². The van der Waals surface area contributed by atoms with Gasteiger partial charge in [-0.05, 0) is 24.5 Å². The van der Waals surface area contributed by atoms with Crippen molar-refractivity contribution in [2.75, 3.05) is 13.7 Å². The van der Waals surface area contributed by atoms with E-state index in [1.54, 1.807) is 13.1 Å². The molecule has 170 valence electrons. The van der Waals surface area contributed by atoms with Crippen LogP contribution in [0, 0.1) is 5.82 Å². The number of likely N-dealkylation sites (N-methyl/N-ethyl adjacent to an activating group) is 1. The molecule has 2 aromatic carbocycles. The second kappa shape index (κ2) is 11.1. The number of aromatic nitrogens is 1. The number of hydrogen-bond acceptors (Lipinski definition) is 5. The number of aliphatic hydroxyl groups is 2. The van der Waals surface area contributed by atoms with E-state index in [1.807, 2.05) is 30.3 Å². The van der Waals surface area contributed by atoms with Crippen LogP contribution >= 0.6 is 11.6 Å². The zero-order valence-corrected chi connectivity index (χ0v) is 18.3. The van der Waals surface area contributed by atoms with Gasteiger partial charge in [-0.2, -0.15) is 0 Å². The highest BCUT2D eigenvalue weighted by atomic mass is 35.5. The zero-order valence-electron chi connectivity index (χ0n) is 17.5. The SMILES string of the molecule is CN(C(=O)NCc1cccc(F)c1Cl)[C@@H](Cc1conc1-c1ccccc1)C[C@@H](O)CO. The topological polar surface area (TPSA) is 98.8 Å². The fourth-order valence-electron chi connectivity index (χ4n) is 3.40. The van der Waals surface area contributed by atoms with Gasteiger partial charge in [0.05, 0.1) is 17.7 Å². The van der Waals surface area contributed by atoms with Crippen molar-refractivity contribution in [2.45, 2.75) is 31.5 Å². The largest absolute Gasteiger partial charge is 0.394 e. The van der Waals surface area contributed by atoms with Crippen LogP contribution in [0.25, 0.3) is 11.3 Å². The van der Waals surface area contributed by atoms with Crippen LogP contribution in [0.3, 0.4) is 0 Å². The summed E-state index contributed by atoms with van der Waals surface area (Å²) in [6, 6.07) is 13.0. The van der Waals surface area contributed by atoms with E-state index in [2.05, 4.69) is 10.5 Å². The first kappa shape index (κ1) is 23.7. The Morgan fingerprint density at radius 3 is 2.69 bits per heavy atom. The summed E-state index contributed by atoms with van der Waals surface area (Å²) in [5.41, 5.74) is 2.73. The maximum Gasteiger partial charge on any atom is 0.317 e. The Balaban J connectivity index is 1.74. The van der Waals surface area contributed by atoms with Gasteiger partial charge in [-0.1, -0.05) is 59.2 Å². The van der Waals surface area contributed by atoms with E-state index in [1.165, 1.54) is 23.3 Å². The molecule has 0 unspecified atom stereocenters. The molecule has 1 heterocycles. The van der Waals surface area contributed by atoms with Gasteiger partial charge in [-0.25, -0.2) is 9.18 Å². The summed E-state index contributed by atoms with van der Waals surface area (Å²) < 4.78 is 18.8. The molecule has 0 radical (unpaired) electrons. The number of nitrogens with zero attached hydrogens (tertiary/aromatic N) is 2. The fraction of sp³-hybridized carbons (Fsp3) is 0.304. The summed E-state index contributed by atoms with van der Waals surface area (Å²) in [5, 5.41) is 26.1. The number of benzene rings is 2.